The molecule has 0 saturated carbocycles. The van der Waals surface area contributed by atoms with Crippen LogP contribution in [-0.2, 0) is 19.1 Å². The number of ketones is 1. The van der Waals surface area contributed by atoms with E-state index in [2.05, 4.69) is 0 Å². The molecule has 0 aromatic carbocycles. The van der Waals surface area contributed by atoms with Crippen LogP contribution in [-0.4, -0.2) is 46.5 Å². The molecular formula is C15H25NO5. The normalized spacial score (nSPS) is 23.2. The first kappa shape index (κ1) is 17.5. The lowest BCUT2D eigenvalue weighted by atomic mass is 10.0. The van der Waals surface area contributed by atoms with E-state index >= 15 is 0 Å². The number of carbonyl (C=O) groups excluding carboxylic acids is 3. The Kier molecular flexibility index (Phi) is 4.70. The number of Topliss-reactive ketones (excluding diaryl/α,β-unsaturated/α-hetero) is 1. The summed E-state index contributed by atoms with van der Waals surface area (Å²) in [6.07, 6.45) is -0.670. The van der Waals surface area contributed by atoms with Crippen LogP contribution in [0.2, 0.25) is 0 Å². The van der Waals surface area contributed by atoms with Crippen LogP contribution in [0.15, 0.2) is 0 Å². The van der Waals surface area contributed by atoms with Gasteiger partial charge in [-0.2, -0.15) is 0 Å². The van der Waals surface area contributed by atoms with Gasteiger partial charge in [-0.25, -0.2) is 9.59 Å². The Morgan fingerprint density at radius 1 is 1.05 bits per heavy atom. The van der Waals surface area contributed by atoms with Crippen molar-refractivity contribution in [2.45, 2.75) is 65.7 Å². The van der Waals surface area contributed by atoms with Gasteiger partial charge in [0.05, 0.1) is 6.54 Å². The molecule has 1 fully saturated rings. The molecule has 0 bridgehead atoms. The molecule has 1 aliphatic heterocycles. The summed E-state index contributed by atoms with van der Waals surface area (Å²) in [6.45, 7) is 11.9. The van der Waals surface area contributed by atoms with Gasteiger partial charge in [-0.1, -0.05) is 6.92 Å². The van der Waals surface area contributed by atoms with Crippen LogP contribution in [0.3, 0.4) is 0 Å². The first-order valence-corrected chi connectivity index (χ1v) is 7.07. The minimum atomic E-state index is -0.924. The lowest BCUT2D eigenvalue weighted by Gasteiger charge is -2.30. The highest BCUT2D eigenvalue weighted by molar-refractivity contribution is 5.97. The summed E-state index contributed by atoms with van der Waals surface area (Å²) in [5.41, 5.74) is -1.37. The van der Waals surface area contributed by atoms with E-state index in [1.165, 1.54) is 0 Å². The number of likely N-dealkylation sites (tertiary alicyclic amines) is 1. The Balaban J connectivity index is 2.94. The predicted molar refractivity (Wildman–Crippen MR) is 76.7 cm³/mol. The molecule has 2 atom stereocenters. The van der Waals surface area contributed by atoms with Gasteiger partial charge in [-0.3, -0.25) is 9.69 Å². The molecule has 1 heterocycles. The maximum atomic E-state index is 12.3. The summed E-state index contributed by atoms with van der Waals surface area (Å²) in [5, 5.41) is 0. The van der Waals surface area contributed by atoms with Gasteiger partial charge in [0.2, 0.25) is 0 Å². The first-order valence-electron chi connectivity index (χ1n) is 7.07. The zero-order valence-corrected chi connectivity index (χ0v) is 13.9. The van der Waals surface area contributed by atoms with Crippen molar-refractivity contribution in [1.29, 1.82) is 0 Å². The summed E-state index contributed by atoms with van der Waals surface area (Å²) in [4.78, 5) is 37.5. The Morgan fingerprint density at radius 3 is 1.95 bits per heavy atom. The van der Waals surface area contributed by atoms with Crippen LogP contribution in [0.1, 0.15) is 48.5 Å². The van der Waals surface area contributed by atoms with Crippen molar-refractivity contribution in [2.24, 2.45) is 5.92 Å². The van der Waals surface area contributed by atoms with Gasteiger partial charge in [-0.15, -0.1) is 0 Å². The molecule has 1 aliphatic rings. The van der Waals surface area contributed by atoms with Gasteiger partial charge < -0.3 is 9.47 Å². The fraction of sp³-hybridized carbons (Fsp3) is 0.800. The van der Waals surface area contributed by atoms with E-state index in [1.807, 2.05) is 0 Å². The lowest BCUT2D eigenvalue weighted by molar-refractivity contribution is -0.161. The first-order chi connectivity index (χ1) is 9.32. The van der Waals surface area contributed by atoms with Crippen LogP contribution in [0.4, 0.5) is 4.79 Å². The van der Waals surface area contributed by atoms with Gasteiger partial charge in [-0.05, 0) is 41.5 Å². The third kappa shape index (κ3) is 4.72. The molecule has 0 N–H and O–H groups in total. The third-order valence-electron chi connectivity index (χ3n) is 2.92. The van der Waals surface area contributed by atoms with Gasteiger partial charge in [0, 0.05) is 5.92 Å². The van der Waals surface area contributed by atoms with Crippen molar-refractivity contribution >= 4 is 17.8 Å². The van der Waals surface area contributed by atoms with Crippen molar-refractivity contribution in [3.63, 3.8) is 0 Å². The Labute approximate surface area is 125 Å². The molecule has 0 aliphatic carbocycles. The summed E-state index contributed by atoms with van der Waals surface area (Å²) in [5.74, 6) is -1.34. The highest BCUT2D eigenvalue weighted by Crippen LogP contribution is 2.26. The SMILES string of the molecule is C[C@H]1C(=O)CN(C(=O)OC(C)(C)C)[C@@H]1C(=O)OC(C)(C)C. The monoisotopic (exact) mass is 299 g/mol. The maximum Gasteiger partial charge on any atom is 0.411 e. The topological polar surface area (TPSA) is 72.9 Å². The highest BCUT2D eigenvalue weighted by atomic mass is 16.6. The van der Waals surface area contributed by atoms with Crippen molar-refractivity contribution in [3.05, 3.63) is 0 Å². The summed E-state index contributed by atoms with van der Waals surface area (Å²) < 4.78 is 10.6. The van der Waals surface area contributed by atoms with Gasteiger partial charge in [0.15, 0.2) is 5.78 Å². The molecule has 0 radical (unpaired) electrons. The molecule has 6 nitrogen and oxygen atoms in total. The van der Waals surface area contributed by atoms with E-state index < -0.39 is 35.2 Å². The number of carbonyl (C=O) groups is 3. The average Bonchev–Trinajstić information content (AvgIpc) is 2.50. The second-order valence-corrected chi connectivity index (χ2v) is 7.34. The molecule has 1 rings (SSSR count). The van der Waals surface area contributed by atoms with Crippen molar-refractivity contribution in [3.8, 4) is 0 Å². The van der Waals surface area contributed by atoms with E-state index in [4.69, 9.17) is 9.47 Å². The van der Waals surface area contributed by atoms with E-state index in [9.17, 15) is 14.4 Å². The third-order valence-corrected chi connectivity index (χ3v) is 2.92. The zero-order valence-electron chi connectivity index (χ0n) is 13.9. The van der Waals surface area contributed by atoms with E-state index in [0.717, 1.165) is 4.90 Å². The Morgan fingerprint density at radius 2 is 1.52 bits per heavy atom. The number of amides is 1. The second kappa shape index (κ2) is 5.66. The van der Waals surface area contributed by atoms with Gasteiger partial charge in [0.1, 0.15) is 17.2 Å². The van der Waals surface area contributed by atoms with Gasteiger partial charge in [0.25, 0.3) is 0 Å². The van der Waals surface area contributed by atoms with E-state index in [-0.39, 0.29) is 12.3 Å². The van der Waals surface area contributed by atoms with Gasteiger partial charge >= 0.3 is 12.1 Å². The molecule has 1 saturated heterocycles. The Hall–Kier alpha value is -1.59. The van der Waals surface area contributed by atoms with E-state index in [1.54, 1.807) is 48.5 Å². The molecule has 1 amide bonds. The van der Waals surface area contributed by atoms with Crippen LogP contribution in [0.5, 0.6) is 0 Å². The molecule has 0 aromatic heterocycles. The minimum absolute atomic E-state index is 0.125. The predicted octanol–water partition coefficient (Wildman–Crippen LogP) is 2.15. The fourth-order valence-corrected chi connectivity index (χ4v) is 2.05. The summed E-state index contributed by atoms with van der Waals surface area (Å²) >= 11 is 0. The standard InChI is InChI=1S/C15H25NO5/c1-9-10(17)8-16(13(19)21-15(5,6)7)11(9)12(18)20-14(2,3)4/h9,11H,8H2,1-7H3/t9-,11-/m0/s1. The highest BCUT2D eigenvalue weighted by Gasteiger charge is 2.47. The molecule has 21 heavy (non-hydrogen) atoms. The number of rotatable bonds is 1. The quantitative estimate of drug-likeness (QED) is 0.694. The number of hydrogen-bond acceptors (Lipinski definition) is 5. The zero-order chi connectivity index (χ0) is 16.6. The number of hydrogen-bond donors (Lipinski definition) is 0. The van der Waals surface area contributed by atoms with Crippen LogP contribution in [0, 0.1) is 5.92 Å². The molecule has 120 valence electrons. The summed E-state index contributed by atoms with van der Waals surface area (Å²) in [6, 6.07) is -0.924. The molecule has 6 heteroatoms. The number of nitrogens with zero attached hydrogens (tertiary/aromatic N) is 1. The smallest absolute Gasteiger partial charge is 0.411 e. The minimum Gasteiger partial charge on any atom is -0.458 e. The lowest BCUT2D eigenvalue weighted by Crippen LogP contribution is -2.47. The maximum absolute atomic E-state index is 12.3. The molecular weight excluding hydrogens is 274 g/mol. The molecule has 0 spiro atoms. The van der Waals surface area contributed by atoms with Crippen molar-refractivity contribution < 1.29 is 23.9 Å². The van der Waals surface area contributed by atoms with Crippen molar-refractivity contribution in [2.75, 3.05) is 6.54 Å². The summed E-state index contributed by atoms with van der Waals surface area (Å²) in [7, 11) is 0. The fourth-order valence-electron chi connectivity index (χ4n) is 2.05. The van der Waals surface area contributed by atoms with Crippen molar-refractivity contribution in [1.82, 2.24) is 4.90 Å². The van der Waals surface area contributed by atoms with Crippen LogP contribution >= 0.6 is 0 Å². The second-order valence-electron chi connectivity index (χ2n) is 7.34. The number of ether oxygens (including phenoxy) is 2. The van der Waals surface area contributed by atoms with Crippen LogP contribution < -0.4 is 0 Å². The largest absolute Gasteiger partial charge is 0.458 e. The number of esters is 1. The Bertz CT molecular complexity index is 444. The molecule has 0 unspecified atom stereocenters. The average molecular weight is 299 g/mol. The molecule has 0 aromatic rings. The van der Waals surface area contributed by atoms with Crippen LogP contribution in [0.25, 0.3) is 0 Å². The van der Waals surface area contributed by atoms with E-state index in [0.29, 0.717) is 0 Å².